The third-order valence-electron chi connectivity index (χ3n) is 5.40. The van der Waals surface area contributed by atoms with Crippen molar-refractivity contribution in [3.63, 3.8) is 0 Å². The van der Waals surface area contributed by atoms with Gasteiger partial charge in [0.05, 0.1) is 17.8 Å². The van der Waals surface area contributed by atoms with E-state index in [4.69, 9.17) is 0 Å². The fourth-order valence-electron chi connectivity index (χ4n) is 4.30. The summed E-state index contributed by atoms with van der Waals surface area (Å²) < 4.78 is 0. The molecule has 6 nitrogen and oxygen atoms in total. The van der Waals surface area contributed by atoms with Crippen LogP contribution in [0.4, 0.5) is 5.69 Å². The molecule has 0 aliphatic carbocycles. The van der Waals surface area contributed by atoms with Gasteiger partial charge in [0.25, 0.3) is 11.8 Å². The first-order valence-corrected chi connectivity index (χ1v) is 10.3. The van der Waals surface area contributed by atoms with Crippen molar-refractivity contribution in [2.45, 2.75) is 51.9 Å². The molecule has 146 valence electrons. The number of aryl methyl sites for hydroxylation is 1. The van der Waals surface area contributed by atoms with Crippen molar-refractivity contribution in [3.05, 3.63) is 51.7 Å². The third-order valence-corrected chi connectivity index (χ3v) is 6.40. The van der Waals surface area contributed by atoms with E-state index in [0.717, 1.165) is 4.88 Å². The van der Waals surface area contributed by atoms with E-state index in [1.165, 1.54) is 4.88 Å². The van der Waals surface area contributed by atoms with Crippen LogP contribution in [0.5, 0.6) is 0 Å². The molecule has 4 rings (SSSR count). The molecule has 2 aliphatic heterocycles. The van der Waals surface area contributed by atoms with E-state index in [0.29, 0.717) is 24.2 Å². The first-order chi connectivity index (χ1) is 13.4. The van der Waals surface area contributed by atoms with Gasteiger partial charge in [-0.1, -0.05) is 12.1 Å². The fourth-order valence-corrected chi connectivity index (χ4v) is 5.13. The topological polar surface area (TPSA) is 69.7 Å². The monoisotopic (exact) mass is 397 g/mol. The number of para-hydroxylation sites is 1. The normalized spacial score (nSPS) is 21.1. The summed E-state index contributed by atoms with van der Waals surface area (Å²) in [6.07, 6.45) is 0.524. The standard InChI is InChI=1S/C21H23N3O3S/c1-13(2)23-19(26)16-6-4-5-7-17(16)24-18(25)10-11-21(23,24)20(27)22-12-15-9-8-14(3)28-15/h4-9,13H,10-12H2,1-3H3,(H,22,27). The minimum atomic E-state index is -1.32. The van der Waals surface area contributed by atoms with Gasteiger partial charge in [0.15, 0.2) is 0 Å². The molecular formula is C21H23N3O3S. The summed E-state index contributed by atoms with van der Waals surface area (Å²) in [5.74, 6) is -0.646. The maximum absolute atomic E-state index is 13.5. The van der Waals surface area contributed by atoms with Crippen LogP contribution in [0.2, 0.25) is 0 Å². The molecule has 7 heteroatoms. The Kier molecular flexibility index (Phi) is 4.50. The first kappa shape index (κ1) is 18.7. The van der Waals surface area contributed by atoms with Gasteiger partial charge in [0, 0.05) is 28.6 Å². The van der Waals surface area contributed by atoms with Crippen molar-refractivity contribution < 1.29 is 14.4 Å². The molecule has 0 spiro atoms. The summed E-state index contributed by atoms with van der Waals surface area (Å²) in [5, 5.41) is 2.98. The molecule has 3 heterocycles. The first-order valence-electron chi connectivity index (χ1n) is 9.45. The van der Waals surface area contributed by atoms with Gasteiger partial charge in [-0.15, -0.1) is 11.3 Å². The average Bonchev–Trinajstić information content (AvgIpc) is 3.24. The molecule has 0 radical (unpaired) electrons. The highest BCUT2D eigenvalue weighted by atomic mass is 32.1. The largest absolute Gasteiger partial charge is 0.347 e. The Balaban J connectivity index is 1.77. The lowest BCUT2D eigenvalue weighted by Gasteiger charge is -2.50. The van der Waals surface area contributed by atoms with Crippen LogP contribution in [0.15, 0.2) is 36.4 Å². The molecule has 1 aromatic heterocycles. The zero-order valence-electron chi connectivity index (χ0n) is 16.2. The highest BCUT2D eigenvalue weighted by molar-refractivity contribution is 7.11. The van der Waals surface area contributed by atoms with Gasteiger partial charge in [0.1, 0.15) is 0 Å². The van der Waals surface area contributed by atoms with Crippen LogP contribution in [-0.2, 0) is 16.1 Å². The van der Waals surface area contributed by atoms with Gasteiger partial charge >= 0.3 is 0 Å². The van der Waals surface area contributed by atoms with Gasteiger partial charge in [-0.3, -0.25) is 19.3 Å². The van der Waals surface area contributed by atoms with Gasteiger partial charge < -0.3 is 10.2 Å². The number of hydrogen-bond acceptors (Lipinski definition) is 4. The average molecular weight is 398 g/mol. The molecule has 1 unspecified atom stereocenters. The number of amides is 3. The van der Waals surface area contributed by atoms with E-state index < -0.39 is 5.66 Å². The Bertz CT molecular complexity index is 967. The number of anilines is 1. The molecule has 1 atom stereocenters. The molecule has 1 saturated heterocycles. The number of rotatable bonds is 4. The smallest absolute Gasteiger partial charge is 0.267 e. The predicted molar refractivity (Wildman–Crippen MR) is 108 cm³/mol. The van der Waals surface area contributed by atoms with Crippen molar-refractivity contribution >= 4 is 34.7 Å². The summed E-state index contributed by atoms with van der Waals surface area (Å²) in [4.78, 5) is 45.0. The Hall–Kier alpha value is -2.67. The number of fused-ring (bicyclic) bond motifs is 3. The second-order valence-corrected chi connectivity index (χ2v) is 8.90. The second kappa shape index (κ2) is 6.74. The highest BCUT2D eigenvalue weighted by Gasteiger charge is 2.61. The zero-order valence-corrected chi connectivity index (χ0v) is 17.0. The molecule has 1 aromatic carbocycles. The number of benzene rings is 1. The number of carbonyl (C=O) groups is 3. The summed E-state index contributed by atoms with van der Waals surface area (Å²) in [6.45, 7) is 6.15. The summed E-state index contributed by atoms with van der Waals surface area (Å²) in [5.41, 5.74) is -0.332. The molecule has 1 N–H and O–H groups in total. The van der Waals surface area contributed by atoms with Crippen LogP contribution >= 0.6 is 11.3 Å². The molecule has 0 saturated carbocycles. The minimum Gasteiger partial charge on any atom is -0.347 e. The molecule has 28 heavy (non-hydrogen) atoms. The Morgan fingerprint density at radius 1 is 1.21 bits per heavy atom. The Labute approximate surface area is 168 Å². The summed E-state index contributed by atoms with van der Waals surface area (Å²) >= 11 is 1.62. The van der Waals surface area contributed by atoms with Gasteiger partial charge in [0.2, 0.25) is 11.6 Å². The van der Waals surface area contributed by atoms with Crippen LogP contribution in [0.3, 0.4) is 0 Å². The summed E-state index contributed by atoms with van der Waals surface area (Å²) in [7, 11) is 0. The molecule has 3 amide bonds. The molecule has 2 aromatic rings. The number of thiophene rings is 1. The third kappa shape index (κ3) is 2.64. The number of nitrogens with zero attached hydrogens (tertiary/aromatic N) is 2. The minimum absolute atomic E-state index is 0.132. The van der Waals surface area contributed by atoms with E-state index in [1.54, 1.807) is 45.4 Å². The van der Waals surface area contributed by atoms with Crippen molar-refractivity contribution in [2.24, 2.45) is 0 Å². The van der Waals surface area contributed by atoms with Crippen LogP contribution in [0.1, 0.15) is 46.8 Å². The zero-order chi connectivity index (χ0) is 20.1. The summed E-state index contributed by atoms with van der Waals surface area (Å²) in [6, 6.07) is 10.8. The lowest BCUT2D eigenvalue weighted by molar-refractivity contribution is -0.134. The van der Waals surface area contributed by atoms with E-state index >= 15 is 0 Å². The lowest BCUT2D eigenvalue weighted by Crippen LogP contribution is -2.71. The Morgan fingerprint density at radius 3 is 2.64 bits per heavy atom. The fraction of sp³-hybridized carbons (Fsp3) is 0.381. The van der Waals surface area contributed by atoms with Crippen LogP contribution in [0.25, 0.3) is 0 Å². The van der Waals surface area contributed by atoms with E-state index in [2.05, 4.69) is 5.32 Å². The van der Waals surface area contributed by atoms with Gasteiger partial charge in [-0.05, 0) is 45.0 Å². The lowest BCUT2D eigenvalue weighted by atomic mass is 9.94. The number of nitrogens with one attached hydrogen (secondary N) is 1. The molecule has 0 bridgehead atoms. The molecular weight excluding hydrogens is 374 g/mol. The predicted octanol–water partition coefficient (Wildman–Crippen LogP) is 3.06. The SMILES string of the molecule is Cc1ccc(CNC(=O)C23CCC(=O)N2c2ccccc2C(=O)N3C(C)C)s1. The number of hydrogen-bond donors (Lipinski definition) is 1. The molecule has 2 aliphatic rings. The van der Waals surface area contributed by atoms with E-state index in [-0.39, 0.29) is 30.2 Å². The van der Waals surface area contributed by atoms with Crippen molar-refractivity contribution in [1.29, 1.82) is 0 Å². The van der Waals surface area contributed by atoms with Gasteiger partial charge in [-0.25, -0.2) is 0 Å². The number of carbonyl (C=O) groups excluding carboxylic acids is 3. The van der Waals surface area contributed by atoms with Crippen LogP contribution < -0.4 is 10.2 Å². The van der Waals surface area contributed by atoms with E-state index in [9.17, 15) is 14.4 Å². The highest BCUT2D eigenvalue weighted by Crippen LogP contribution is 2.45. The van der Waals surface area contributed by atoms with Crippen LogP contribution in [-0.4, -0.2) is 34.3 Å². The quantitative estimate of drug-likeness (QED) is 0.862. The van der Waals surface area contributed by atoms with E-state index in [1.807, 2.05) is 32.9 Å². The molecule has 1 fully saturated rings. The second-order valence-electron chi connectivity index (χ2n) is 7.53. The maximum Gasteiger partial charge on any atom is 0.267 e. The van der Waals surface area contributed by atoms with Crippen molar-refractivity contribution in [3.8, 4) is 0 Å². The van der Waals surface area contributed by atoms with Crippen LogP contribution in [0, 0.1) is 6.92 Å². The van der Waals surface area contributed by atoms with Crippen molar-refractivity contribution in [1.82, 2.24) is 10.2 Å². The maximum atomic E-state index is 13.5. The Morgan fingerprint density at radius 2 is 1.96 bits per heavy atom. The van der Waals surface area contributed by atoms with Gasteiger partial charge in [-0.2, -0.15) is 0 Å². The van der Waals surface area contributed by atoms with Crippen molar-refractivity contribution in [2.75, 3.05) is 4.90 Å².